The summed E-state index contributed by atoms with van der Waals surface area (Å²) < 4.78 is 19.2. The standard InChI is InChI=1S/C22H37N4O2P/c1-16(2)25-19-14-10-11-15-20(19)26(17(3)4)29(25,28)23-21(22(27)24(5)6)18-12-8-7-9-13-18/h7-9,12-13,16-17,19-21H,10-11,14-15H2,1-6H3,(H,23,28)/t19-,20-,21+/m1/s1. The first-order valence-corrected chi connectivity index (χ1v) is 12.5. The number of benzene rings is 1. The summed E-state index contributed by atoms with van der Waals surface area (Å²) in [7, 11) is 0.355. The molecule has 0 spiro atoms. The number of fused-ring (bicyclic) bond motifs is 1. The zero-order valence-electron chi connectivity index (χ0n) is 18.7. The number of carbonyl (C=O) groups is 1. The predicted octanol–water partition coefficient (Wildman–Crippen LogP) is 4.26. The molecule has 1 amide bonds. The third kappa shape index (κ3) is 4.18. The SMILES string of the molecule is CC(C)N1[C@@H]2CCCC[C@H]2N(C(C)C)P1(=O)N[C@H](C(=O)N(C)C)c1ccccc1. The van der Waals surface area contributed by atoms with Gasteiger partial charge in [-0.1, -0.05) is 43.2 Å². The van der Waals surface area contributed by atoms with Crippen molar-refractivity contribution < 1.29 is 9.36 Å². The maximum Gasteiger partial charge on any atom is 0.286 e. The van der Waals surface area contributed by atoms with Crippen LogP contribution in [-0.2, 0) is 9.36 Å². The Morgan fingerprint density at radius 1 is 1.00 bits per heavy atom. The summed E-state index contributed by atoms with van der Waals surface area (Å²) in [5.41, 5.74) is 0.851. The van der Waals surface area contributed by atoms with Gasteiger partial charge in [-0.25, -0.2) is 14.4 Å². The van der Waals surface area contributed by atoms with Crippen LogP contribution in [0.4, 0.5) is 0 Å². The first-order valence-electron chi connectivity index (χ1n) is 10.9. The Kier molecular flexibility index (Phi) is 6.89. The highest BCUT2D eigenvalue weighted by Gasteiger charge is 2.57. The molecule has 3 rings (SSSR count). The Labute approximate surface area is 176 Å². The molecule has 0 radical (unpaired) electrons. The van der Waals surface area contributed by atoms with E-state index in [2.05, 4.69) is 42.1 Å². The second-order valence-corrected chi connectivity index (χ2v) is 11.4. The number of hydrogen-bond acceptors (Lipinski definition) is 2. The highest BCUT2D eigenvalue weighted by Crippen LogP contribution is 2.63. The Hall–Kier alpha value is -1.20. The van der Waals surface area contributed by atoms with Gasteiger partial charge in [-0.3, -0.25) is 9.36 Å². The van der Waals surface area contributed by atoms with Crippen LogP contribution in [0.5, 0.6) is 0 Å². The maximum absolute atomic E-state index is 14.8. The minimum absolute atomic E-state index is 0.0753. The van der Waals surface area contributed by atoms with E-state index < -0.39 is 13.6 Å². The zero-order chi connectivity index (χ0) is 21.3. The second-order valence-electron chi connectivity index (χ2n) is 9.12. The molecule has 1 aromatic rings. The molecule has 29 heavy (non-hydrogen) atoms. The number of nitrogens with one attached hydrogen (secondary N) is 1. The Balaban J connectivity index is 2.07. The summed E-state index contributed by atoms with van der Waals surface area (Å²) in [4.78, 5) is 14.7. The molecule has 3 atom stereocenters. The highest BCUT2D eigenvalue weighted by molar-refractivity contribution is 7.57. The van der Waals surface area contributed by atoms with Crippen LogP contribution in [0.1, 0.15) is 65.0 Å². The first-order chi connectivity index (χ1) is 13.7. The molecule has 0 unspecified atom stereocenters. The van der Waals surface area contributed by atoms with Crippen molar-refractivity contribution in [1.82, 2.24) is 19.3 Å². The lowest BCUT2D eigenvalue weighted by Crippen LogP contribution is -2.43. The van der Waals surface area contributed by atoms with Gasteiger partial charge in [0.15, 0.2) is 0 Å². The van der Waals surface area contributed by atoms with Crippen molar-refractivity contribution in [2.24, 2.45) is 0 Å². The normalized spacial score (nSPS) is 25.9. The van der Waals surface area contributed by atoms with Gasteiger partial charge in [-0.2, -0.15) is 0 Å². The smallest absolute Gasteiger partial charge is 0.286 e. The van der Waals surface area contributed by atoms with Crippen LogP contribution in [-0.4, -0.2) is 58.4 Å². The number of likely N-dealkylation sites (N-methyl/N-ethyl adjacent to an activating group) is 1. The van der Waals surface area contributed by atoms with Crippen LogP contribution in [0.2, 0.25) is 0 Å². The van der Waals surface area contributed by atoms with Gasteiger partial charge in [0, 0.05) is 38.3 Å². The van der Waals surface area contributed by atoms with Crippen LogP contribution >= 0.6 is 7.59 Å². The molecule has 0 bridgehead atoms. The molecule has 2 aliphatic rings. The van der Waals surface area contributed by atoms with E-state index in [1.807, 2.05) is 30.3 Å². The zero-order valence-corrected chi connectivity index (χ0v) is 19.6. The number of hydrogen-bond donors (Lipinski definition) is 1. The van der Waals surface area contributed by atoms with E-state index in [-0.39, 0.29) is 30.1 Å². The van der Waals surface area contributed by atoms with Crippen LogP contribution in [0.25, 0.3) is 0 Å². The summed E-state index contributed by atoms with van der Waals surface area (Å²) in [5.74, 6) is -0.0753. The molecule has 1 aliphatic heterocycles. The van der Waals surface area contributed by atoms with Gasteiger partial charge in [0.2, 0.25) is 5.91 Å². The van der Waals surface area contributed by atoms with Crippen molar-refractivity contribution >= 4 is 13.5 Å². The molecular weight excluding hydrogens is 383 g/mol. The molecule has 1 saturated carbocycles. The molecule has 1 aromatic carbocycles. The first kappa shape index (κ1) is 22.5. The van der Waals surface area contributed by atoms with Gasteiger partial charge < -0.3 is 4.90 Å². The fraction of sp³-hybridized carbons (Fsp3) is 0.682. The molecular formula is C22H37N4O2P. The molecule has 1 saturated heterocycles. The molecule has 0 aromatic heterocycles. The number of carbonyl (C=O) groups excluding carboxylic acids is 1. The van der Waals surface area contributed by atoms with Crippen LogP contribution in [0.3, 0.4) is 0 Å². The number of rotatable bonds is 6. The van der Waals surface area contributed by atoms with Crippen LogP contribution in [0, 0.1) is 0 Å². The van der Waals surface area contributed by atoms with Crippen molar-refractivity contribution in [3.8, 4) is 0 Å². The lowest BCUT2D eigenvalue weighted by Gasteiger charge is -2.38. The predicted molar refractivity (Wildman–Crippen MR) is 119 cm³/mol. The largest absolute Gasteiger partial charge is 0.347 e. The minimum atomic E-state index is -3.15. The topological polar surface area (TPSA) is 55.9 Å². The van der Waals surface area contributed by atoms with Gasteiger partial charge in [-0.15, -0.1) is 0 Å². The Morgan fingerprint density at radius 3 is 1.90 bits per heavy atom. The quantitative estimate of drug-likeness (QED) is 0.697. The van der Waals surface area contributed by atoms with Gasteiger partial charge in [0.1, 0.15) is 6.04 Å². The van der Waals surface area contributed by atoms with Crippen molar-refractivity contribution in [2.75, 3.05) is 14.1 Å². The van der Waals surface area contributed by atoms with Gasteiger partial charge in [0.05, 0.1) is 0 Å². The summed E-state index contributed by atoms with van der Waals surface area (Å²) in [6.07, 6.45) is 4.48. The van der Waals surface area contributed by atoms with E-state index in [0.717, 1.165) is 18.4 Å². The average molecular weight is 421 g/mol. The van der Waals surface area contributed by atoms with E-state index in [0.29, 0.717) is 0 Å². The summed E-state index contributed by atoms with van der Waals surface area (Å²) in [6.45, 7) is 8.48. The molecule has 6 nitrogen and oxygen atoms in total. The van der Waals surface area contributed by atoms with E-state index >= 15 is 0 Å². The number of nitrogens with zero attached hydrogens (tertiary/aromatic N) is 3. The summed E-state index contributed by atoms with van der Waals surface area (Å²) in [5, 5.41) is 3.43. The molecule has 1 heterocycles. The van der Waals surface area contributed by atoms with Crippen LogP contribution in [0.15, 0.2) is 30.3 Å². The van der Waals surface area contributed by atoms with Crippen molar-refractivity contribution in [3.05, 3.63) is 35.9 Å². The molecule has 2 fully saturated rings. The lowest BCUT2D eigenvalue weighted by molar-refractivity contribution is -0.130. The maximum atomic E-state index is 14.8. The number of amides is 1. The monoisotopic (exact) mass is 420 g/mol. The second kappa shape index (κ2) is 8.89. The fourth-order valence-electron chi connectivity index (χ4n) is 5.10. The van der Waals surface area contributed by atoms with E-state index in [1.165, 1.54) is 12.8 Å². The third-order valence-electron chi connectivity index (χ3n) is 6.18. The van der Waals surface area contributed by atoms with Crippen molar-refractivity contribution in [2.45, 2.75) is 83.6 Å². The Morgan fingerprint density at radius 2 is 1.48 bits per heavy atom. The van der Waals surface area contributed by atoms with Crippen molar-refractivity contribution in [1.29, 1.82) is 0 Å². The highest BCUT2D eigenvalue weighted by atomic mass is 31.2. The van der Waals surface area contributed by atoms with Gasteiger partial charge >= 0.3 is 0 Å². The Bertz CT molecular complexity index is 724. The average Bonchev–Trinajstić information content (AvgIpc) is 2.94. The van der Waals surface area contributed by atoms with E-state index in [9.17, 15) is 9.36 Å². The lowest BCUT2D eigenvalue weighted by atomic mass is 9.89. The summed E-state index contributed by atoms with van der Waals surface area (Å²) >= 11 is 0. The fourth-order valence-corrected chi connectivity index (χ4v) is 8.80. The third-order valence-corrected chi connectivity index (χ3v) is 9.54. The molecule has 1 aliphatic carbocycles. The van der Waals surface area contributed by atoms with Crippen molar-refractivity contribution in [3.63, 3.8) is 0 Å². The van der Waals surface area contributed by atoms with Crippen LogP contribution < -0.4 is 5.09 Å². The minimum Gasteiger partial charge on any atom is -0.347 e. The van der Waals surface area contributed by atoms with Gasteiger partial charge in [0.25, 0.3) is 7.59 Å². The molecule has 7 heteroatoms. The van der Waals surface area contributed by atoms with Gasteiger partial charge in [-0.05, 0) is 46.1 Å². The van der Waals surface area contributed by atoms with E-state index in [4.69, 9.17) is 0 Å². The van der Waals surface area contributed by atoms with E-state index in [1.54, 1.807) is 19.0 Å². The summed E-state index contributed by atoms with van der Waals surface area (Å²) in [6, 6.07) is 9.85. The molecule has 162 valence electrons. The molecule has 1 N–H and O–H groups in total.